The Bertz CT molecular complexity index is 1310. The molecule has 0 aromatic heterocycles. The highest BCUT2D eigenvalue weighted by atomic mass is 35.5. The van der Waals surface area contributed by atoms with Crippen molar-refractivity contribution < 1.29 is 30.8 Å². The molecule has 0 spiro atoms. The molecular weight excluding hydrogens is 552 g/mol. The average Bonchev–Trinajstić information content (AvgIpc) is 2.86. The van der Waals surface area contributed by atoms with E-state index in [4.69, 9.17) is 11.6 Å². The van der Waals surface area contributed by atoms with E-state index in [1.807, 2.05) is 0 Å². The van der Waals surface area contributed by atoms with Crippen LogP contribution in [0.15, 0.2) is 77.7 Å². The molecule has 37 heavy (non-hydrogen) atoms. The number of amides is 1. The fraction of sp³-hybridized carbons (Fsp3) is 0.240. The van der Waals surface area contributed by atoms with E-state index in [1.165, 1.54) is 36.4 Å². The van der Waals surface area contributed by atoms with Crippen molar-refractivity contribution >= 4 is 45.0 Å². The van der Waals surface area contributed by atoms with Gasteiger partial charge in [-0.15, -0.1) is 0 Å². The second kappa shape index (κ2) is 12.7. The number of hydrogen-bond acceptors (Lipinski definition) is 4. The fourth-order valence-electron chi connectivity index (χ4n) is 3.28. The average molecular weight is 575 g/mol. The van der Waals surface area contributed by atoms with Gasteiger partial charge in [-0.25, -0.2) is 12.8 Å². The zero-order chi connectivity index (χ0) is 27.1. The molecule has 1 amide bonds. The van der Waals surface area contributed by atoms with Gasteiger partial charge in [0.25, 0.3) is 10.0 Å². The predicted molar refractivity (Wildman–Crippen MR) is 138 cm³/mol. The maximum atomic E-state index is 13.4. The minimum atomic E-state index is -4.82. The molecule has 1 N–H and O–H groups in total. The van der Waals surface area contributed by atoms with Gasteiger partial charge in [-0.3, -0.25) is 9.10 Å². The zero-order valence-corrected chi connectivity index (χ0v) is 21.7. The molecule has 12 heteroatoms. The molecule has 0 heterocycles. The van der Waals surface area contributed by atoms with E-state index in [9.17, 15) is 30.8 Å². The first-order chi connectivity index (χ1) is 17.5. The number of carbonyl (C=O) groups excluding carboxylic acids is 1. The third-order valence-electron chi connectivity index (χ3n) is 5.13. The number of alkyl halides is 3. The van der Waals surface area contributed by atoms with E-state index < -0.39 is 39.2 Å². The largest absolute Gasteiger partial charge is 0.417 e. The number of nitrogens with zero attached hydrogens (tertiary/aromatic N) is 1. The normalized spacial score (nSPS) is 11.8. The van der Waals surface area contributed by atoms with Crippen molar-refractivity contribution in [1.29, 1.82) is 0 Å². The molecule has 0 aliphatic carbocycles. The Morgan fingerprint density at radius 3 is 2.32 bits per heavy atom. The molecule has 3 aromatic rings. The van der Waals surface area contributed by atoms with Crippen LogP contribution in [0, 0.1) is 5.82 Å². The SMILES string of the molecule is O=C(CN(c1ccc(Cl)c(C(F)(F)F)c1)S(=O)(=O)c1ccccc1)NCCCSCc1ccc(F)cc1. The molecule has 0 aliphatic heterocycles. The number of carbonyl (C=O) groups is 1. The van der Waals surface area contributed by atoms with Crippen LogP contribution in [0.25, 0.3) is 0 Å². The first kappa shape index (κ1) is 28.8. The van der Waals surface area contributed by atoms with Crippen LogP contribution in [-0.2, 0) is 26.7 Å². The van der Waals surface area contributed by atoms with E-state index in [1.54, 1.807) is 30.0 Å². The summed E-state index contributed by atoms with van der Waals surface area (Å²) in [6.07, 6.45) is -4.24. The topological polar surface area (TPSA) is 66.5 Å². The molecule has 5 nitrogen and oxygen atoms in total. The molecule has 0 saturated heterocycles. The summed E-state index contributed by atoms with van der Waals surface area (Å²) in [6.45, 7) is -0.484. The Morgan fingerprint density at radius 2 is 1.68 bits per heavy atom. The molecular formula is C25H23ClF4N2O3S2. The van der Waals surface area contributed by atoms with E-state index >= 15 is 0 Å². The molecule has 0 fully saturated rings. The van der Waals surface area contributed by atoms with Crippen molar-refractivity contribution in [2.24, 2.45) is 0 Å². The molecule has 0 atom stereocenters. The number of sulfonamides is 1. The highest BCUT2D eigenvalue weighted by Crippen LogP contribution is 2.38. The van der Waals surface area contributed by atoms with E-state index in [0.717, 1.165) is 17.7 Å². The highest BCUT2D eigenvalue weighted by Gasteiger charge is 2.35. The van der Waals surface area contributed by atoms with Gasteiger partial charge >= 0.3 is 6.18 Å². The molecule has 3 aromatic carbocycles. The summed E-state index contributed by atoms with van der Waals surface area (Å²) in [7, 11) is -4.37. The van der Waals surface area contributed by atoms with E-state index in [0.29, 0.717) is 28.3 Å². The number of benzene rings is 3. The molecule has 0 saturated carbocycles. The monoisotopic (exact) mass is 574 g/mol. The van der Waals surface area contributed by atoms with Gasteiger partial charge < -0.3 is 5.32 Å². The van der Waals surface area contributed by atoms with Crippen LogP contribution in [0.1, 0.15) is 17.5 Å². The Kier molecular flexibility index (Phi) is 9.86. The van der Waals surface area contributed by atoms with Crippen molar-refractivity contribution in [3.63, 3.8) is 0 Å². The van der Waals surface area contributed by atoms with Gasteiger partial charge in [0.2, 0.25) is 5.91 Å². The van der Waals surface area contributed by atoms with Crippen LogP contribution in [0.5, 0.6) is 0 Å². The van der Waals surface area contributed by atoms with E-state index in [2.05, 4.69) is 5.32 Å². The van der Waals surface area contributed by atoms with Crippen molar-refractivity contribution in [2.75, 3.05) is 23.1 Å². The maximum absolute atomic E-state index is 13.4. The number of hydrogen-bond donors (Lipinski definition) is 1. The Labute approximate surface area is 221 Å². The van der Waals surface area contributed by atoms with Crippen LogP contribution in [-0.4, -0.2) is 33.2 Å². The van der Waals surface area contributed by atoms with Gasteiger partial charge in [0.15, 0.2) is 0 Å². The summed E-state index contributed by atoms with van der Waals surface area (Å²) in [5, 5.41) is 2.03. The summed E-state index contributed by atoms with van der Waals surface area (Å²) in [6, 6.07) is 15.9. The lowest BCUT2D eigenvalue weighted by Gasteiger charge is -2.25. The van der Waals surface area contributed by atoms with Crippen molar-refractivity contribution in [1.82, 2.24) is 5.32 Å². The zero-order valence-electron chi connectivity index (χ0n) is 19.3. The number of thioether (sulfide) groups is 1. The van der Waals surface area contributed by atoms with Crippen LogP contribution in [0.3, 0.4) is 0 Å². The third kappa shape index (κ3) is 8.11. The Hall–Kier alpha value is -2.76. The van der Waals surface area contributed by atoms with Gasteiger partial charge in [0.05, 0.1) is 21.2 Å². The summed E-state index contributed by atoms with van der Waals surface area (Å²) in [5.41, 5.74) is -0.595. The van der Waals surface area contributed by atoms with Gasteiger partial charge in [0, 0.05) is 12.3 Å². The van der Waals surface area contributed by atoms with Crippen molar-refractivity contribution in [2.45, 2.75) is 23.2 Å². The second-order valence-corrected chi connectivity index (χ2v) is 11.2. The molecule has 3 rings (SSSR count). The Balaban J connectivity index is 1.68. The highest BCUT2D eigenvalue weighted by molar-refractivity contribution is 7.98. The third-order valence-corrected chi connectivity index (χ3v) is 8.36. The quantitative estimate of drug-likeness (QED) is 0.221. The first-order valence-electron chi connectivity index (χ1n) is 11.0. The summed E-state index contributed by atoms with van der Waals surface area (Å²) >= 11 is 7.28. The van der Waals surface area contributed by atoms with Gasteiger partial charge in [0.1, 0.15) is 12.4 Å². The number of halogens is 5. The molecule has 198 valence electrons. The second-order valence-electron chi connectivity index (χ2n) is 7.87. The lowest BCUT2D eigenvalue weighted by atomic mass is 10.2. The maximum Gasteiger partial charge on any atom is 0.417 e. The fourth-order valence-corrected chi connectivity index (χ4v) is 5.86. The minimum absolute atomic E-state index is 0.177. The lowest BCUT2D eigenvalue weighted by molar-refractivity contribution is -0.137. The van der Waals surface area contributed by atoms with E-state index in [-0.39, 0.29) is 22.9 Å². The van der Waals surface area contributed by atoms with Crippen LogP contribution in [0.4, 0.5) is 23.2 Å². The van der Waals surface area contributed by atoms with Gasteiger partial charge in [-0.05, 0) is 60.2 Å². The van der Waals surface area contributed by atoms with Gasteiger partial charge in [-0.2, -0.15) is 24.9 Å². The molecule has 0 radical (unpaired) electrons. The lowest BCUT2D eigenvalue weighted by Crippen LogP contribution is -2.41. The van der Waals surface area contributed by atoms with Crippen LogP contribution >= 0.6 is 23.4 Å². The van der Waals surface area contributed by atoms with Crippen molar-refractivity contribution in [3.8, 4) is 0 Å². The molecule has 0 unspecified atom stereocenters. The standard InChI is InChI=1S/C25H23ClF4N2O3S2/c26-23-12-11-20(15-22(23)25(28,29)30)32(37(34,35)21-5-2-1-3-6-21)16-24(33)31-13-4-14-36-17-18-7-9-19(27)10-8-18/h1-3,5-12,15H,4,13-14,16-17H2,(H,31,33). The number of rotatable bonds is 11. The number of anilines is 1. The van der Waals surface area contributed by atoms with Gasteiger partial charge in [-0.1, -0.05) is 41.9 Å². The molecule has 0 aliphatic rings. The smallest absolute Gasteiger partial charge is 0.354 e. The predicted octanol–water partition coefficient (Wildman–Crippen LogP) is 6.13. The van der Waals surface area contributed by atoms with Crippen LogP contribution in [0.2, 0.25) is 5.02 Å². The Morgan fingerprint density at radius 1 is 1.00 bits per heavy atom. The van der Waals surface area contributed by atoms with Crippen LogP contribution < -0.4 is 9.62 Å². The summed E-state index contributed by atoms with van der Waals surface area (Å²) in [4.78, 5) is 12.5. The first-order valence-corrected chi connectivity index (χ1v) is 14.0. The minimum Gasteiger partial charge on any atom is -0.354 e. The summed E-state index contributed by atoms with van der Waals surface area (Å²) < 4.78 is 80.4. The molecule has 0 bridgehead atoms. The van der Waals surface area contributed by atoms with Crippen molar-refractivity contribution in [3.05, 3.63) is 94.8 Å². The number of nitrogens with one attached hydrogen (secondary N) is 1. The summed E-state index contributed by atoms with van der Waals surface area (Å²) in [5.74, 6) is 0.352.